The molecule has 6 heteroatoms. The summed E-state index contributed by atoms with van der Waals surface area (Å²) in [4.78, 5) is 4.44. The van der Waals surface area contributed by atoms with Gasteiger partial charge in [-0.2, -0.15) is 0 Å². The summed E-state index contributed by atoms with van der Waals surface area (Å²) in [5, 5.41) is 8.74. The normalized spacial score (nSPS) is 11.2. The van der Waals surface area contributed by atoms with E-state index in [9.17, 15) is 0 Å². The van der Waals surface area contributed by atoms with E-state index in [0.717, 1.165) is 16.7 Å². The Hall–Kier alpha value is -2.60. The van der Waals surface area contributed by atoms with Crippen molar-refractivity contribution in [3.63, 3.8) is 0 Å². The number of nitrogens with zero attached hydrogens (tertiary/aromatic N) is 3. The summed E-state index contributed by atoms with van der Waals surface area (Å²) in [6.07, 6.45) is 0. The molecule has 0 atom stereocenters. The first-order valence-electron chi connectivity index (χ1n) is 7.57. The van der Waals surface area contributed by atoms with Crippen LogP contribution in [-0.2, 0) is 5.75 Å². The minimum atomic E-state index is 0.506. The smallest absolute Gasteiger partial charge is 0.277 e. The Labute approximate surface area is 143 Å². The number of oxazole rings is 1. The van der Waals surface area contributed by atoms with Crippen molar-refractivity contribution in [3.05, 3.63) is 59.5 Å². The van der Waals surface area contributed by atoms with Crippen LogP contribution >= 0.6 is 11.8 Å². The van der Waals surface area contributed by atoms with E-state index < -0.39 is 0 Å². The Balaban J connectivity index is 1.50. The van der Waals surface area contributed by atoms with Gasteiger partial charge in [0.25, 0.3) is 5.22 Å². The number of fused-ring (bicyclic) bond motifs is 1. The molecular formula is C18H15N3O2S. The lowest BCUT2D eigenvalue weighted by molar-refractivity contribution is 0.464. The second-order valence-electron chi connectivity index (χ2n) is 5.61. The van der Waals surface area contributed by atoms with E-state index in [1.807, 2.05) is 36.4 Å². The molecule has 0 N–H and O–H groups in total. The summed E-state index contributed by atoms with van der Waals surface area (Å²) < 4.78 is 11.4. The highest BCUT2D eigenvalue weighted by Crippen LogP contribution is 2.27. The van der Waals surface area contributed by atoms with E-state index in [1.165, 1.54) is 22.9 Å². The molecule has 0 aliphatic rings. The first-order chi connectivity index (χ1) is 11.7. The molecule has 120 valence electrons. The lowest BCUT2D eigenvalue weighted by Gasteiger charge is -1.99. The number of thioether (sulfide) groups is 1. The van der Waals surface area contributed by atoms with E-state index in [2.05, 4.69) is 35.1 Å². The van der Waals surface area contributed by atoms with E-state index >= 15 is 0 Å². The Morgan fingerprint density at radius 2 is 1.75 bits per heavy atom. The average molecular weight is 337 g/mol. The quantitative estimate of drug-likeness (QED) is 0.499. The molecule has 0 amide bonds. The zero-order valence-electron chi connectivity index (χ0n) is 13.3. The highest BCUT2D eigenvalue weighted by atomic mass is 32.2. The van der Waals surface area contributed by atoms with Gasteiger partial charge in [-0.25, -0.2) is 4.98 Å². The monoisotopic (exact) mass is 337 g/mol. The molecule has 2 heterocycles. The number of para-hydroxylation sites is 2. The third kappa shape index (κ3) is 3.05. The molecule has 0 spiro atoms. The maximum Gasteiger partial charge on any atom is 0.277 e. The van der Waals surface area contributed by atoms with E-state index in [0.29, 0.717) is 22.8 Å². The van der Waals surface area contributed by atoms with Crippen LogP contribution in [0.25, 0.3) is 22.6 Å². The van der Waals surface area contributed by atoms with Crippen molar-refractivity contribution in [2.45, 2.75) is 24.8 Å². The zero-order chi connectivity index (χ0) is 16.5. The number of aromatic nitrogens is 3. The predicted octanol–water partition coefficient (Wildman–Crippen LogP) is 4.79. The van der Waals surface area contributed by atoms with E-state index in [1.54, 1.807) is 0 Å². The SMILES string of the molecule is Cc1cc(C)cc(-c2nnc(SCc3nc4ccccc4o3)o2)c1. The van der Waals surface area contributed by atoms with Crippen molar-refractivity contribution in [2.75, 3.05) is 0 Å². The fraction of sp³-hybridized carbons (Fsp3) is 0.167. The van der Waals surface area contributed by atoms with Crippen molar-refractivity contribution in [2.24, 2.45) is 0 Å². The molecule has 4 rings (SSSR count). The Bertz CT molecular complexity index is 953. The Kier molecular flexibility index (Phi) is 3.82. The topological polar surface area (TPSA) is 65.0 Å². The van der Waals surface area contributed by atoms with Gasteiger partial charge < -0.3 is 8.83 Å². The first-order valence-corrected chi connectivity index (χ1v) is 8.55. The number of benzene rings is 2. The number of rotatable bonds is 4. The maximum absolute atomic E-state index is 5.75. The third-order valence-electron chi connectivity index (χ3n) is 3.53. The largest absolute Gasteiger partial charge is 0.440 e. The van der Waals surface area contributed by atoms with Gasteiger partial charge in [0.1, 0.15) is 5.52 Å². The first kappa shape index (κ1) is 15.0. The fourth-order valence-corrected chi connectivity index (χ4v) is 3.19. The fourth-order valence-electron chi connectivity index (χ4n) is 2.59. The maximum atomic E-state index is 5.75. The Morgan fingerprint density at radius 3 is 2.54 bits per heavy atom. The minimum absolute atomic E-state index is 0.506. The van der Waals surface area contributed by atoms with Crippen molar-refractivity contribution in [3.8, 4) is 11.5 Å². The van der Waals surface area contributed by atoms with Crippen LogP contribution in [0.4, 0.5) is 0 Å². The van der Waals surface area contributed by atoms with Gasteiger partial charge in [0.15, 0.2) is 5.58 Å². The Morgan fingerprint density at radius 1 is 0.958 bits per heavy atom. The van der Waals surface area contributed by atoms with Crippen LogP contribution in [0.15, 0.2) is 56.5 Å². The van der Waals surface area contributed by atoms with Crippen LogP contribution in [-0.4, -0.2) is 15.2 Å². The molecule has 0 aliphatic carbocycles. The number of hydrogen-bond acceptors (Lipinski definition) is 6. The number of aryl methyl sites for hydroxylation is 2. The van der Waals surface area contributed by atoms with Gasteiger partial charge in [-0.3, -0.25) is 0 Å². The van der Waals surface area contributed by atoms with E-state index in [-0.39, 0.29) is 0 Å². The van der Waals surface area contributed by atoms with Crippen LogP contribution in [0.5, 0.6) is 0 Å². The molecule has 0 saturated heterocycles. The average Bonchev–Trinajstić information content (AvgIpc) is 3.18. The van der Waals surface area contributed by atoms with Gasteiger partial charge in [-0.15, -0.1) is 10.2 Å². The van der Waals surface area contributed by atoms with Gasteiger partial charge in [0, 0.05) is 5.56 Å². The van der Waals surface area contributed by atoms with Crippen LogP contribution in [0.3, 0.4) is 0 Å². The highest BCUT2D eigenvalue weighted by molar-refractivity contribution is 7.98. The second-order valence-corrected chi connectivity index (χ2v) is 6.54. The summed E-state index contributed by atoms with van der Waals surface area (Å²) in [6.45, 7) is 4.10. The van der Waals surface area contributed by atoms with E-state index in [4.69, 9.17) is 8.83 Å². The van der Waals surface area contributed by atoms with Crippen LogP contribution in [0.2, 0.25) is 0 Å². The molecule has 0 radical (unpaired) electrons. The van der Waals surface area contributed by atoms with Crippen LogP contribution in [0, 0.1) is 13.8 Å². The van der Waals surface area contributed by atoms with Crippen LogP contribution < -0.4 is 0 Å². The molecule has 0 aliphatic heterocycles. The van der Waals surface area contributed by atoms with Gasteiger partial charge in [-0.1, -0.05) is 41.1 Å². The summed E-state index contributed by atoms with van der Waals surface area (Å²) >= 11 is 1.42. The van der Waals surface area contributed by atoms with Crippen LogP contribution in [0.1, 0.15) is 17.0 Å². The van der Waals surface area contributed by atoms with Crippen molar-refractivity contribution >= 4 is 22.9 Å². The molecule has 5 nitrogen and oxygen atoms in total. The molecule has 2 aromatic heterocycles. The third-order valence-corrected chi connectivity index (χ3v) is 4.34. The molecule has 0 bridgehead atoms. The molecule has 4 aromatic rings. The van der Waals surface area contributed by atoms with Gasteiger partial charge in [0.05, 0.1) is 5.75 Å². The summed E-state index contributed by atoms with van der Waals surface area (Å²) in [5.41, 5.74) is 4.92. The van der Waals surface area contributed by atoms with Crippen molar-refractivity contribution in [1.82, 2.24) is 15.2 Å². The molecule has 0 saturated carbocycles. The second kappa shape index (κ2) is 6.13. The summed E-state index contributed by atoms with van der Waals surface area (Å²) in [7, 11) is 0. The molecular weight excluding hydrogens is 322 g/mol. The minimum Gasteiger partial charge on any atom is -0.440 e. The molecule has 0 fully saturated rings. The molecule has 24 heavy (non-hydrogen) atoms. The predicted molar refractivity (Wildman–Crippen MR) is 92.8 cm³/mol. The van der Waals surface area contributed by atoms with Gasteiger partial charge in [0.2, 0.25) is 11.8 Å². The van der Waals surface area contributed by atoms with Gasteiger partial charge in [-0.05, 0) is 38.1 Å². The summed E-state index contributed by atoms with van der Waals surface area (Å²) in [5.74, 6) is 1.72. The number of hydrogen-bond donors (Lipinski definition) is 0. The standard InChI is InChI=1S/C18H15N3O2S/c1-11-7-12(2)9-13(8-11)17-20-21-18(23-17)24-10-16-19-14-5-3-4-6-15(14)22-16/h3-9H,10H2,1-2H3. The molecule has 2 aromatic carbocycles. The lowest BCUT2D eigenvalue weighted by Crippen LogP contribution is -1.82. The molecule has 0 unspecified atom stereocenters. The lowest BCUT2D eigenvalue weighted by atomic mass is 10.1. The van der Waals surface area contributed by atoms with Crippen molar-refractivity contribution in [1.29, 1.82) is 0 Å². The van der Waals surface area contributed by atoms with Gasteiger partial charge >= 0.3 is 0 Å². The van der Waals surface area contributed by atoms with Crippen molar-refractivity contribution < 1.29 is 8.83 Å². The summed E-state index contributed by atoms with van der Waals surface area (Å²) in [6, 6.07) is 13.9. The highest BCUT2D eigenvalue weighted by Gasteiger charge is 2.12. The zero-order valence-corrected chi connectivity index (χ0v) is 14.1.